The number of hydrogen-bond acceptors (Lipinski definition) is 6. The molecule has 2 aromatic carbocycles. The van der Waals surface area contributed by atoms with Gasteiger partial charge in [0.1, 0.15) is 6.04 Å². The van der Waals surface area contributed by atoms with Crippen molar-refractivity contribution >= 4 is 33.6 Å². The van der Waals surface area contributed by atoms with Crippen LogP contribution in [-0.2, 0) is 17.4 Å². The molecule has 1 atom stereocenters. The molecule has 0 spiro atoms. The molecule has 3 aromatic rings. The minimum atomic E-state index is -4.69. The fourth-order valence-electron chi connectivity index (χ4n) is 7.45. The monoisotopic (exact) mass is 746 g/mol. The van der Waals surface area contributed by atoms with Crippen LogP contribution < -0.4 is 22.1 Å². The maximum Gasteiger partial charge on any atom is 0.418 e. The highest BCUT2D eigenvalue weighted by molar-refractivity contribution is 9.10. The minimum absolute atomic E-state index is 0.0729. The Morgan fingerprint density at radius 2 is 1.59 bits per heavy atom. The number of carbonyl (C=O) groups is 2. The summed E-state index contributed by atoms with van der Waals surface area (Å²) in [6, 6.07) is 9.95. The summed E-state index contributed by atoms with van der Waals surface area (Å²) in [5, 5.41) is 10.8. The molecule has 0 aliphatic carbocycles. The Balaban J connectivity index is 1.14. The Morgan fingerprint density at radius 1 is 0.959 bits per heavy atom. The molecule has 0 radical (unpaired) electrons. The lowest BCUT2D eigenvalue weighted by atomic mass is 9.79. The Hall–Kier alpha value is -3.85. The van der Waals surface area contributed by atoms with Gasteiger partial charge < -0.3 is 26.2 Å². The number of amides is 3. The number of nitrogens with one attached hydrogen (secondary N) is 3. The van der Waals surface area contributed by atoms with Gasteiger partial charge >= 0.3 is 17.9 Å². The van der Waals surface area contributed by atoms with Crippen LogP contribution in [-0.4, -0.2) is 81.8 Å². The first kappa shape index (κ1) is 35.0. The van der Waals surface area contributed by atoms with Crippen LogP contribution >= 0.6 is 15.9 Å². The molecule has 3 aliphatic rings. The van der Waals surface area contributed by atoms with Crippen molar-refractivity contribution in [2.24, 2.45) is 11.8 Å². The van der Waals surface area contributed by atoms with Crippen LogP contribution in [0.4, 0.5) is 23.7 Å². The Labute approximate surface area is 290 Å². The second-order valence-electron chi connectivity index (χ2n) is 13.3. The third-order valence-electron chi connectivity index (χ3n) is 10.2. The number of likely N-dealkylation sites (tertiary alicyclic amines) is 2. The quantitative estimate of drug-likeness (QED) is 0.256. The first-order valence-electron chi connectivity index (χ1n) is 16.9. The smallest absolute Gasteiger partial charge is 0.397 e. The van der Waals surface area contributed by atoms with Crippen LogP contribution in [0.2, 0.25) is 0 Å². The van der Waals surface area contributed by atoms with Crippen molar-refractivity contribution in [1.29, 1.82) is 0 Å². The number of alkyl halides is 3. The normalized spacial score (nSPS) is 19.2. The summed E-state index contributed by atoms with van der Waals surface area (Å²) in [6.45, 7) is 3.69. The van der Waals surface area contributed by atoms with E-state index in [4.69, 9.17) is 5.73 Å². The topological polar surface area (TPSA) is 141 Å². The number of H-pyrrole nitrogens is 1. The summed E-state index contributed by atoms with van der Waals surface area (Å²) in [4.78, 5) is 46.5. The molecule has 0 saturated carbocycles. The lowest BCUT2D eigenvalue weighted by Crippen LogP contribution is -2.55. The molecular weight excluding hydrogens is 705 g/mol. The van der Waals surface area contributed by atoms with E-state index >= 15 is 0 Å². The van der Waals surface area contributed by atoms with Crippen molar-refractivity contribution < 1.29 is 22.8 Å². The third-order valence-corrected chi connectivity index (χ3v) is 10.9. The summed E-state index contributed by atoms with van der Waals surface area (Å²) >= 11 is 3.14. The van der Waals surface area contributed by atoms with Crippen LogP contribution in [0.1, 0.15) is 55.7 Å². The Morgan fingerprint density at radius 3 is 2.24 bits per heavy atom. The van der Waals surface area contributed by atoms with Crippen molar-refractivity contribution in [3.63, 3.8) is 0 Å². The number of anilines is 1. The number of urea groups is 1. The average Bonchev–Trinajstić information content (AvgIpc) is 3.51. The van der Waals surface area contributed by atoms with Crippen molar-refractivity contribution in [2.75, 3.05) is 45.0 Å². The minimum Gasteiger partial charge on any atom is -0.397 e. The summed E-state index contributed by atoms with van der Waals surface area (Å²) in [7, 11) is 0. The molecule has 15 heteroatoms. The molecule has 11 nitrogen and oxygen atoms in total. The molecule has 0 unspecified atom stereocenters. The summed E-state index contributed by atoms with van der Waals surface area (Å²) in [5.41, 5.74) is 5.00. The van der Waals surface area contributed by atoms with Crippen LogP contribution in [0.3, 0.4) is 0 Å². The second kappa shape index (κ2) is 15.0. The van der Waals surface area contributed by atoms with E-state index in [9.17, 15) is 27.6 Å². The number of halogens is 4. The SMILES string of the molecule is Nc1c(Br)cc(C[C@@H](NC(=O)N2CCC(n3nc(-c4ccccc4)[nH]c3=O)CC2)C(=O)N2CCC(C3CCNCC3)CC2)cc1C(F)(F)F. The predicted molar refractivity (Wildman–Crippen MR) is 183 cm³/mol. The molecule has 3 amide bonds. The number of aromatic nitrogens is 3. The molecular formula is C34H42BrF3N8O3. The van der Waals surface area contributed by atoms with E-state index in [-0.39, 0.29) is 34.1 Å². The van der Waals surface area contributed by atoms with Gasteiger partial charge in [0.05, 0.1) is 17.3 Å². The summed E-state index contributed by atoms with van der Waals surface area (Å²) in [6.07, 6.45) is 0.0508. The molecule has 3 saturated heterocycles. The van der Waals surface area contributed by atoms with E-state index < -0.39 is 29.5 Å². The highest BCUT2D eigenvalue weighted by Crippen LogP contribution is 2.38. The standard InChI is InChI=1S/C34H42BrF3N8O3/c35-27-19-21(18-26(29(27)39)34(36,37)38)20-28(31(47)44-14-8-23(9-15-44)22-6-12-40-13-7-22)41-32(48)45-16-10-25(11-17-45)46-33(49)42-30(43-46)24-4-2-1-3-5-24/h1-5,18-19,22-23,25,28,40H,6-17,20,39H2,(H,41,48)(H,42,43,49)/t28-/m1/s1. The number of carbonyl (C=O) groups excluding carboxylic acids is 2. The van der Waals surface area contributed by atoms with Gasteiger partial charge in [0.2, 0.25) is 5.91 Å². The van der Waals surface area contributed by atoms with Crippen molar-refractivity contribution in [1.82, 2.24) is 35.2 Å². The zero-order chi connectivity index (χ0) is 34.7. The molecule has 1 aromatic heterocycles. The number of nitrogens with two attached hydrogens (primary N) is 1. The highest BCUT2D eigenvalue weighted by Gasteiger charge is 2.37. The predicted octanol–water partition coefficient (Wildman–Crippen LogP) is 4.80. The molecule has 49 heavy (non-hydrogen) atoms. The molecule has 264 valence electrons. The van der Waals surface area contributed by atoms with E-state index in [1.807, 2.05) is 30.3 Å². The van der Waals surface area contributed by atoms with Crippen molar-refractivity contribution in [3.05, 3.63) is 68.5 Å². The number of hydrogen-bond donors (Lipinski definition) is 4. The maximum atomic E-state index is 14.0. The Bertz CT molecular complexity index is 1680. The number of nitrogens with zero attached hydrogens (tertiary/aromatic N) is 4. The highest BCUT2D eigenvalue weighted by atomic mass is 79.9. The number of nitrogen functional groups attached to an aromatic ring is 1. The molecule has 3 aliphatic heterocycles. The van der Waals surface area contributed by atoms with Crippen LogP contribution in [0, 0.1) is 11.8 Å². The number of benzene rings is 2. The Kier molecular flexibility index (Phi) is 10.7. The fourth-order valence-corrected chi connectivity index (χ4v) is 7.96. The fraction of sp³-hybridized carbons (Fsp3) is 0.529. The molecule has 5 N–H and O–H groups in total. The van der Waals surface area contributed by atoms with Crippen molar-refractivity contribution in [2.45, 2.75) is 63.2 Å². The molecule has 3 fully saturated rings. The first-order valence-corrected chi connectivity index (χ1v) is 17.7. The lowest BCUT2D eigenvalue weighted by molar-refractivity contribution is -0.137. The maximum absolute atomic E-state index is 14.0. The summed E-state index contributed by atoms with van der Waals surface area (Å²) < 4.78 is 43.0. The van der Waals surface area contributed by atoms with Gasteiger partial charge in [0.15, 0.2) is 5.82 Å². The van der Waals surface area contributed by atoms with Gasteiger partial charge in [-0.3, -0.25) is 9.78 Å². The van der Waals surface area contributed by atoms with Crippen LogP contribution in [0.25, 0.3) is 11.4 Å². The van der Waals surface area contributed by atoms with Gasteiger partial charge in [0.25, 0.3) is 0 Å². The number of aromatic amines is 1. The first-order chi connectivity index (χ1) is 23.5. The van der Waals surface area contributed by atoms with E-state index in [1.54, 1.807) is 9.80 Å². The zero-order valence-corrected chi connectivity index (χ0v) is 28.7. The number of piperidine rings is 3. The van der Waals surface area contributed by atoms with E-state index in [0.717, 1.165) is 50.4 Å². The van der Waals surface area contributed by atoms with Gasteiger partial charge in [-0.15, -0.1) is 5.10 Å². The second-order valence-corrected chi connectivity index (χ2v) is 14.2. The largest absolute Gasteiger partial charge is 0.418 e. The van der Waals surface area contributed by atoms with Gasteiger partial charge in [-0.1, -0.05) is 30.3 Å². The van der Waals surface area contributed by atoms with Crippen molar-refractivity contribution in [3.8, 4) is 11.4 Å². The van der Waals surface area contributed by atoms with E-state index in [2.05, 4.69) is 36.6 Å². The van der Waals surface area contributed by atoms with Gasteiger partial charge in [0, 0.05) is 42.6 Å². The van der Waals surface area contributed by atoms with Crippen LogP contribution in [0.5, 0.6) is 0 Å². The molecule has 0 bridgehead atoms. The molecule has 6 rings (SSSR count). The van der Waals surface area contributed by atoms with Gasteiger partial charge in [-0.2, -0.15) is 13.2 Å². The zero-order valence-electron chi connectivity index (χ0n) is 27.1. The van der Waals surface area contributed by atoms with Gasteiger partial charge in [-0.25, -0.2) is 14.3 Å². The van der Waals surface area contributed by atoms with E-state index in [1.165, 1.54) is 10.7 Å². The van der Waals surface area contributed by atoms with Gasteiger partial charge in [-0.05, 0) is 97.1 Å². The van der Waals surface area contributed by atoms with E-state index in [0.29, 0.717) is 56.7 Å². The lowest BCUT2D eigenvalue weighted by Gasteiger charge is -2.39. The summed E-state index contributed by atoms with van der Waals surface area (Å²) in [5.74, 6) is 1.29. The number of rotatable bonds is 7. The molecule has 4 heterocycles. The average molecular weight is 748 g/mol. The third kappa shape index (κ3) is 8.14. The van der Waals surface area contributed by atoms with Crippen LogP contribution in [0.15, 0.2) is 51.7 Å².